The lowest BCUT2D eigenvalue weighted by Gasteiger charge is -2.25. The Morgan fingerprint density at radius 3 is 2.53 bits per heavy atom. The molecular formula is C28H28N2O7S. The summed E-state index contributed by atoms with van der Waals surface area (Å²) in [6.45, 7) is 7.02. The molecule has 38 heavy (non-hydrogen) atoms. The van der Waals surface area contributed by atoms with Crippen LogP contribution in [0.5, 0.6) is 17.2 Å². The minimum Gasteiger partial charge on any atom is -0.496 e. The molecule has 2 aromatic carbocycles. The van der Waals surface area contributed by atoms with Gasteiger partial charge in [0.05, 0.1) is 42.2 Å². The van der Waals surface area contributed by atoms with Crippen LogP contribution in [0, 0.1) is 0 Å². The molecule has 0 amide bonds. The molecular weight excluding hydrogens is 508 g/mol. The first-order valence-corrected chi connectivity index (χ1v) is 12.9. The Balaban J connectivity index is 1.97. The lowest BCUT2D eigenvalue weighted by Crippen LogP contribution is -2.40. The topological polar surface area (TPSA) is 105 Å². The van der Waals surface area contributed by atoms with Crippen LogP contribution in [-0.4, -0.2) is 36.8 Å². The zero-order chi connectivity index (χ0) is 27.4. The maximum absolute atomic E-state index is 13.8. The molecule has 10 heteroatoms. The summed E-state index contributed by atoms with van der Waals surface area (Å²) in [6, 6.07) is 11.5. The van der Waals surface area contributed by atoms with Gasteiger partial charge in [0.15, 0.2) is 16.3 Å². The van der Waals surface area contributed by atoms with E-state index in [2.05, 4.69) is 4.99 Å². The lowest BCUT2D eigenvalue weighted by atomic mass is 9.95. The van der Waals surface area contributed by atoms with Gasteiger partial charge in [0.1, 0.15) is 5.75 Å². The highest BCUT2D eigenvalue weighted by atomic mass is 32.1. The average Bonchev–Trinajstić information content (AvgIpc) is 3.18. The third-order valence-corrected chi connectivity index (χ3v) is 6.76. The van der Waals surface area contributed by atoms with Crippen molar-refractivity contribution < 1.29 is 28.5 Å². The van der Waals surface area contributed by atoms with Crippen molar-refractivity contribution in [3.63, 3.8) is 0 Å². The van der Waals surface area contributed by atoms with E-state index in [9.17, 15) is 14.4 Å². The molecule has 4 rings (SSSR count). The van der Waals surface area contributed by atoms with Crippen molar-refractivity contribution in [1.82, 2.24) is 4.57 Å². The molecule has 1 atom stereocenters. The summed E-state index contributed by atoms with van der Waals surface area (Å²) in [5, 5.41) is 0. The fraction of sp³-hybridized carbons (Fsp3) is 0.286. The zero-order valence-electron chi connectivity index (χ0n) is 21.8. The average molecular weight is 537 g/mol. The second-order valence-corrected chi connectivity index (χ2v) is 9.29. The monoisotopic (exact) mass is 536 g/mol. The van der Waals surface area contributed by atoms with Gasteiger partial charge in [0, 0.05) is 12.5 Å². The van der Waals surface area contributed by atoms with E-state index in [1.54, 1.807) is 52.2 Å². The molecule has 9 nitrogen and oxygen atoms in total. The van der Waals surface area contributed by atoms with E-state index in [1.165, 1.54) is 22.8 Å². The Morgan fingerprint density at radius 1 is 1.08 bits per heavy atom. The largest absolute Gasteiger partial charge is 0.496 e. The number of thiazole rings is 1. The number of carbonyl (C=O) groups is 2. The standard InChI is InChI=1S/C28H28N2O7S/c1-6-35-22-14-19(12-13-21(22)37-17(4)31)25-24(27(33)36-7-2)16(3)29-28-30(25)26(32)23(38-28)15-18-10-8-9-11-20(18)34-5/h8-15,25H,6-7H2,1-5H3/b23-15+/t25-/m1/s1. The number of nitrogens with zero attached hydrogens (tertiary/aromatic N) is 2. The van der Waals surface area contributed by atoms with Crippen molar-refractivity contribution in [2.24, 2.45) is 4.99 Å². The Hall–Kier alpha value is -4.18. The number of aromatic nitrogens is 1. The van der Waals surface area contributed by atoms with E-state index in [1.807, 2.05) is 24.3 Å². The fourth-order valence-corrected chi connectivity index (χ4v) is 5.27. The summed E-state index contributed by atoms with van der Waals surface area (Å²) in [6.07, 6.45) is 1.75. The minimum atomic E-state index is -0.837. The summed E-state index contributed by atoms with van der Waals surface area (Å²) >= 11 is 1.22. The number of methoxy groups -OCH3 is 1. The van der Waals surface area contributed by atoms with Crippen LogP contribution in [0.2, 0.25) is 0 Å². The first kappa shape index (κ1) is 26.9. The molecule has 0 aliphatic carbocycles. The molecule has 0 saturated heterocycles. The molecule has 0 unspecified atom stereocenters. The van der Waals surface area contributed by atoms with Crippen molar-refractivity contribution in [2.75, 3.05) is 20.3 Å². The third-order valence-electron chi connectivity index (χ3n) is 5.78. The van der Waals surface area contributed by atoms with Crippen LogP contribution in [-0.2, 0) is 14.3 Å². The van der Waals surface area contributed by atoms with Crippen LogP contribution >= 0.6 is 11.3 Å². The number of hydrogen-bond donors (Lipinski definition) is 0. The van der Waals surface area contributed by atoms with E-state index < -0.39 is 18.0 Å². The predicted octanol–water partition coefficient (Wildman–Crippen LogP) is 3.13. The Morgan fingerprint density at radius 2 is 1.84 bits per heavy atom. The minimum absolute atomic E-state index is 0.163. The van der Waals surface area contributed by atoms with E-state index in [0.717, 1.165) is 5.56 Å². The number of ether oxygens (including phenoxy) is 4. The summed E-state index contributed by atoms with van der Waals surface area (Å²) in [4.78, 5) is 43.6. The van der Waals surface area contributed by atoms with Crippen LogP contribution in [0.3, 0.4) is 0 Å². The molecule has 1 aromatic heterocycles. The van der Waals surface area contributed by atoms with E-state index >= 15 is 0 Å². The molecule has 1 aliphatic rings. The summed E-state index contributed by atoms with van der Waals surface area (Å²) in [5.41, 5.74) is 1.68. The number of hydrogen-bond acceptors (Lipinski definition) is 9. The maximum Gasteiger partial charge on any atom is 0.338 e. The Kier molecular flexibility index (Phi) is 8.11. The Bertz CT molecular complexity index is 1600. The van der Waals surface area contributed by atoms with Crippen LogP contribution in [0.25, 0.3) is 6.08 Å². The van der Waals surface area contributed by atoms with Crippen LogP contribution in [0.1, 0.15) is 44.9 Å². The van der Waals surface area contributed by atoms with Gasteiger partial charge in [-0.2, -0.15) is 0 Å². The van der Waals surface area contributed by atoms with Crippen LogP contribution < -0.4 is 29.1 Å². The highest BCUT2D eigenvalue weighted by molar-refractivity contribution is 7.07. The van der Waals surface area contributed by atoms with E-state index in [0.29, 0.717) is 38.7 Å². The molecule has 0 spiro atoms. The van der Waals surface area contributed by atoms with Crippen molar-refractivity contribution in [3.8, 4) is 17.2 Å². The third kappa shape index (κ3) is 5.26. The quantitative estimate of drug-likeness (QED) is 0.322. The van der Waals surface area contributed by atoms with Gasteiger partial charge in [-0.15, -0.1) is 0 Å². The van der Waals surface area contributed by atoms with Gasteiger partial charge >= 0.3 is 11.9 Å². The maximum atomic E-state index is 13.8. The molecule has 0 radical (unpaired) electrons. The predicted molar refractivity (Wildman–Crippen MR) is 142 cm³/mol. The summed E-state index contributed by atoms with van der Waals surface area (Å²) in [5.74, 6) is 0.116. The van der Waals surface area contributed by atoms with Crippen molar-refractivity contribution >= 4 is 29.4 Å². The van der Waals surface area contributed by atoms with Crippen molar-refractivity contribution in [2.45, 2.75) is 33.7 Å². The van der Waals surface area contributed by atoms with Gasteiger partial charge in [-0.3, -0.25) is 14.2 Å². The lowest BCUT2D eigenvalue weighted by molar-refractivity contribution is -0.139. The summed E-state index contributed by atoms with van der Waals surface area (Å²) < 4.78 is 23.7. The number of esters is 2. The van der Waals surface area contributed by atoms with Gasteiger partial charge in [0.25, 0.3) is 5.56 Å². The number of fused-ring (bicyclic) bond motifs is 1. The first-order valence-electron chi connectivity index (χ1n) is 12.1. The van der Waals surface area contributed by atoms with Gasteiger partial charge < -0.3 is 18.9 Å². The van der Waals surface area contributed by atoms with E-state index in [-0.39, 0.29) is 23.5 Å². The molecule has 0 saturated carbocycles. The second-order valence-electron chi connectivity index (χ2n) is 8.28. The normalized spacial score (nSPS) is 15.0. The SMILES string of the molecule is CCOC(=O)C1=C(C)N=c2s/c(=C/c3ccccc3OC)c(=O)n2[C@@H]1c1ccc(OC(C)=O)c(OCC)c1. The number of para-hydroxylation sites is 1. The van der Waals surface area contributed by atoms with Gasteiger partial charge in [-0.25, -0.2) is 9.79 Å². The molecule has 1 aliphatic heterocycles. The molecule has 198 valence electrons. The number of rotatable bonds is 8. The fourth-order valence-electron chi connectivity index (χ4n) is 4.24. The molecule has 0 N–H and O–H groups in total. The zero-order valence-corrected chi connectivity index (χ0v) is 22.6. The van der Waals surface area contributed by atoms with Gasteiger partial charge in [0.2, 0.25) is 0 Å². The highest BCUT2D eigenvalue weighted by Gasteiger charge is 2.34. The smallest absolute Gasteiger partial charge is 0.338 e. The van der Waals surface area contributed by atoms with Gasteiger partial charge in [-0.1, -0.05) is 35.6 Å². The molecule has 3 aromatic rings. The van der Waals surface area contributed by atoms with Crippen LogP contribution in [0.4, 0.5) is 0 Å². The molecule has 0 bridgehead atoms. The summed E-state index contributed by atoms with van der Waals surface area (Å²) in [7, 11) is 1.57. The second kappa shape index (κ2) is 11.5. The highest BCUT2D eigenvalue weighted by Crippen LogP contribution is 2.36. The molecule has 0 fully saturated rings. The first-order chi connectivity index (χ1) is 18.3. The number of carbonyl (C=O) groups excluding carboxylic acids is 2. The van der Waals surface area contributed by atoms with E-state index in [4.69, 9.17) is 18.9 Å². The number of benzene rings is 2. The van der Waals surface area contributed by atoms with Gasteiger partial charge in [-0.05, 0) is 50.6 Å². The van der Waals surface area contributed by atoms with Crippen LogP contribution in [0.15, 0.2) is 63.5 Å². The number of allylic oxidation sites excluding steroid dienone is 1. The van der Waals surface area contributed by atoms with Crippen molar-refractivity contribution in [1.29, 1.82) is 0 Å². The van der Waals surface area contributed by atoms with Crippen molar-refractivity contribution in [3.05, 3.63) is 84.5 Å². The molecule has 2 heterocycles. The Labute approximate surface area is 223 Å².